The Morgan fingerprint density at radius 3 is 2.85 bits per heavy atom. The van der Waals surface area contributed by atoms with Crippen molar-refractivity contribution in [1.82, 2.24) is 19.1 Å². The third-order valence-corrected chi connectivity index (χ3v) is 2.97. The number of unbranched alkanes of at least 4 members (excludes halogenated alkanes) is 1. The lowest BCUT2D eigenvalue weighted by Crippen LogP contribution is -2.10. The number of aryl methyl sites for hydroxylation is 2. The summed E-state index contributed by atoms with van der Waals surface area (Å²) in [4.78, 5) is 19.6. The van der Waals surface area contributed by atoms with E-state index in [0.29, 0.717) is 12.4 Å². The van der Waals surface area contributed by atoms with Crippen LogP contribution >= 0.6 is 0 Å². The van der Waals surface area contributed by atoms with Crippen LogP contribution in [0.15, 0.2) is 25.0 Å². The number of ether oxygens (including phenoxy) is 1. The quantitative estimate of drug-likeness (QED) is 0.609. The number of hydrogen-bond acceptors (Lipinski definition) is 5. The fourth-order valence-electron chi connectivity index (χ4n) is 1.92. The molecule has 0 unspecified atom stereocenters. The molecule has 0 bridgehead atoms. The summed E-state index contributed by atoms with van der Waals surface area (Å²) >= 11 is 0. The van der Waals surface area contributed by atoms with E-state index in [1.54, 1.807) is 30.3 Å². The molecule has 0 saturated carbocycles. The molecular formula is C13H19N5O2. The third kappa shape index (κ3) is 3.37. The number of rotatable bonds is 7. The zero-order valence-corrected chi connectivity index (χ0v) is 11.5. The molecule has 2 rings (SSSR count). The Kier molecular flexibility index (Phi) is 4.75. The van der Waals surface area contributed by atoms with Crippen molar-refractivity contribution in [2.75, 3.05) is 12.3 Å². The summed E-state index contributed by atoms with van der Waals surface area (Å²) in [5, 5.41) is 0. The molecule has 2 aromatic heterocycles. The van der Waals surface area contributed by atoms with E-state index in [2.05, 4.69) is 9.97 Å². The highest BCUT2D eigenvalue weighted by molar-refractivity contribution is 5.92. The Bertz CT molecular complexity index is 547. The van der Waals surface area contributed by atoms with Gasteiger partial charge in [0, 0.05) is 25.5 Å². The first-order valence-electron chi connectivity index (χ1n) is 6.65. The van der Waals surface area contributed by atoms with Gasteiger partial charge in [-0.25, -0.2) is 14.8 Å². The largest absolute Gasteiger partial charge is 0.461 e. The zero-order chi connectivity index (χ0) is 14.4. The maximum Gasteiger partial charge on any atom is 0.360 e. The van der Waals surface area contributed by atoms with Gasteiger partial charge in [-0.05, 0) is 19.8 Å². The van der Waals surface area contributed by atoms with Crippen LogP contribution in [0.4, 0.5) is 5.82 Å². The lowest BCUT2D eigenvalue weighted by Gasteiger charge is -2.06. The van der Waals surface area contributed by atoms with Crippen LogP contribution in [0, 0.1) is 0 Å². The Morgan fingerprint density at radius 2 is 2.15 bits per heavy atom. The first-order valence-corrected chi connectivity index (χ1v) is 6.65. The molecule has 0 saturated heterocycles. The number of nitrogens with zero attached hydrogens (tertiary/aromatic N) is 4. The Hall–Kier alpha value is -2.31. The van der Waals surface area contributed by atoms with Crippen LogP contribution in [0.25, 0.3) is 0 Å². The summed E-state index contributed by atoms with van der Waals surface area (Å²) in [6.45, 7) is 3.71. The molecular weight excluding hydrogens is 258 g/mol. The number of hydrogen-bond donors (Lipinski definition) is 1. The maximum absolute atomic E-state index is 11.6. The minimum Gasteiger partial charge on any atom is -0.461 e. The van der Waals surface area contributed by atoms with E-state index in [9.17, 15) is 4.79 Å². The summed E-state index contributed by atoms with van der Waals surface area (Å²) < 4.78 is 8.70. The predicted octanol–water partition coefficient (Wildman–Crippen LogP) is 1.32. The van der Waals surface area contributed by atoms with E-state index in [1.165, 1.54) is 0 Å². The van der Waals surface area contributed by atoms with Gasteiger partial charge in [-0.2, -0.15) is 0 Å². The van der Waals surface area contributed by atoms with Crippen molar-refractivity contribution in [3.05, 3.63) is 30.7 Å². The number of aromatic nitrogens is 4. The second kappa shape index (κ2) is 6.74. The molecule has 0 fully saturated rings. The fourth-order valence-corrected chi connectivity index (χ4v) is 1.92. The molecule has 0 aliphatic heterocycles. The second-order valence-electron chi connectivity index (χ2n) is 4.40. The number of imidazole rings is 2. The molecule has 0 spiro atoms. The van der Waals surface area contributed by atoms with Crippen LogP contribution in [0.5, 0.6) is 0 Å². The van der Waals surface area contributed by atoms with Gasteiger partial charge in [-0.3, -0.25) is 0 Å². The molecule has 0 aliphatic carbocycles. The molecule has 20 heavy (non-hydrogen) atoms. The topological polar surface area (TPSA) is 88.0 Å². The Morgan fingerprint density at radius 1 is 1.35 bits per heavy atom. The molecule has 7 nitrogen and oxygen atoms in total. The second-order valence-corrected chi connectivity index (χ2v) is 4.40. The van der Waals surface area contributed by atoms with Gasteiger partial charge < -0.3 is 19.6 Å². The van der Waals surface area contributed by atoms with Gasteiger partial charge in [-0.15, -0.1) is 0 Å². The van der Waals surface area contributed by atoms with Crippen LogP contribution in [-0.2, 0) is 17.8 Å². The number of nitrogens with two attached hydrogens (primary N) is 1. The molecule has 0 radical (unpaired) electrons. The van der Waals surface area contributed by atoms with Crippen LogP contribution < -0.4 is 5.73 Å². The average Bonchev–Trinajstić information content (AvgIpc) is 3.05. The zero-order valence-electron chi connectivity index (χ0n) is 11.5. The number of nitrogen functional groups attached to an aromatic ring is 1. The molecule has 0 aliphatic rings. The van der Waals surface area contributed by atoms with Crippen molar-refractivity contribution in [3.8, 4) is 0 Å². The van der Waals surface area contributed by atoms with Gasteiger partial charge in [0.2, 0.25) is 0 Å². The SMILES string of the molecule is CCOC(=O)c1ncn(CCCCn2ccnc2)c1N. The van der Waals surface area contributed by atoms with Gasteiger partial charge in [0.05, 0.1) is 19.3 Å². The summed E-state index contributed by atoms with van der Waals surface area (Å²) in [7, 11) is 0. The first-order chi connectivity index (χ1) is 9.72. The Balaban J connectivity index is 1.82. The van der Waals surface area contributed by atoms with Crippen LogP contribution in [0.3, 0.4) is 0 Å². The van der Waals surface area contributed by atoms with Crippen molar-refractivity contribution in [1.29, 1.82) is 0 Å². The van der Waals surface area contributed by atoms with Crippen LogP contribution in [-0.4, -0.2) is 31.7 Å². The average molecular weight is 277 g/mol. The highest BCUT2D eigenvalue weighted by Gasteiger charge is 2.16. The van der Waals surface area contributed by atoms with E-state index in [-0.39, 0.29) is 5.69 Å². The number of carbonyl (C=O) groups is 1. The van der Waals surface area contributed by atoms with E-state index in [1.807, 2.05) is 10.8 Å². The Labute approximate surface area is 117 Å². The standard InChI is InChI=1S/C13H19N5O2/c1-2-20-13(19)11-12(14)18(10-16-11)7-4-3-6-17-8-5-15-9-17/h5,8-10H,2-4,6-7,14H2,1H3. The van der Waals surface area contributed by atoms with Crippen molar-refractivity contribution < 1.29 is 9.53 Å². The monoisotopic (exact) mass is 277 g/mol. The van der Waals surface area contributed by atoms with E-state index in [0.717, 1.165) is 25.9 Å². The molecule has 7 heteroatoms. The van der Waals surface area contributed by atoms with Crippen LogP contribution in [0.2, 0.25) is 0 Å². The fraction of sp³-hybridized carbons (Fsp3) is 0.462. The van der Waals surface area contributed by atoms with Gasteiger partial charge in [0.1, 0.15) is 5.82 Å². The summed E-state index contributed by atoms with van der Waals surface area (Å²) in [6.07, 6.45) is 9.02. The van der Waals surface area contributed by atoms with Gasteiger partial charge in [-0.1, -0.05) is 0 Å². The lowest BCUT2D eigenvalue weighted by molar-refractivity contribution is 0.0521. The summed E-state index contributed by atoms with van der Waals surface area (Å²) in [6, 6.07) is 0. The van der Waals surface area contributed by atoms with Gasteiger partial charge >= 0.3 is 5.97 Å². The lowest BCUT2D eigenvalue weighted by atomic mass is 10.3. The van der Waals surface area contributed by atoms with E-state index >= 15 is 0 Å². The van der Waals surface area contributed by atoms with E-state index in [4.69, 9.17) is 10.5 Å². The number of esters is 1. The van der Waals surface area contributed by atoms with Crippen molar-refractivity contribution in [2.45, 2.75) is 32.9 Å². The van der Waals surface area contributed by atoms with Gasteiger partial charge in [0.25, 0.3) is 0 Å². The van der Waals surface area contributed by atoms with Crippen molar-refractivity contribution >= 4 is 11.8 Å². The molecule has 0 amide bonds. The van der Waals surface area contributed by atoms with Gasteiger partial charge in [0.15, 0.2) is 5.69 Å². The molecule has 2 heterocycles. The number of carbonyl (C=O) groups excluding carboxylic acids is 1. The molecule has 0 atom stereocenters. The van der Waals surface area contributed by atoms with Crippen LogP contribution in [0.1, 0.15) is 30.3 Å². The molecule has 2 aromatic rings. The molecule has 2 N–H and O–H groups in total. The predicted molar refractivity (Wildman–Crippen MR) is 74.1 cm³/mol. The van der Waals surface area contributed by atoms with Crippen molar-refractivity contribution in [2.24, 2.45) is 0 Å². The third-order valence-electron chi connectivity index (χ3n) is 2.97. The van der Waals surface area contributed by atoms with E-state index < -0.39 is 5.97 Å². The van der Waals surface area contributed by atoms with Crippen molar-refractivity contribution in [3.63, 3.8) is 0 Å². The molecule has 108 valence electrons. The summed E-state index contributed by atoms with van der Waals surface area (Å²) in [5.74, 6) is -0.103. The minimum atomic E-state index is -0.470. The minimum absolute atomic E-state index is 0.196. The number of anilines is 1. The normalized spacial score (nSPS) is 10.7. The molecule has 0 aromatic carbocycles. The highest BCUT2D eigenvalue weighted by Crippen LogP contribution is 2.12. The smallest absolute Gasteiger partial charge is 0.360 e. The highest BCUT2D eigenvalue weighted by atomic mass is 16.5. The summed E-state index contributed by atoms with van der Waals surface area (Å²) in [5.41, 5.74) is 6.09. The first kappa shape index (κ1) is 14.1. The maximum atomic E-state index is 11.6.